The molecule has 108 valence electrons. The summed E-state index contributed by atoms with van der Waals surface area (Å²) < 4.78 is 2.32. The lowest BCUT2D eigenvalue weighted by molar-refractivity contribution is 0.365. The first-order valence-electron chi connectivity index (χ1n) is 7.88. The molecule has 3 heteroatoms. The molecule has 1 aromatic carbocycles. The Kier molecular flexibility index (Phi) is 3.79. The van der Waals surface area contributed by atoms with Crippen molar-refractivity contribution < 1.29 is 0 Å². The van der Waals surface area contributed by atoms with Gasteiger partial charge in [0.25, 0.3) is 0 Å². The van der Waals surface area contributed by atoms with Crippen molar-refractivity contribution in [2.24, 2.45) is 11.8 Å². The molecule has 1 aliphatic rings. The summed E-state index contributed by atoms with van der Waals surface area (Å²) in [6.45, 7) is 8.79. The van der Waals surface area contributed by atoms with Crippen LogP contribution in [0, 0.1) is 11.8 Å². The SMILES string of the molecule is CCn1c(CNC2CCC(C)C2C)nc2ccccc21. The minimum atomic E-state index is 0.648. The van der Waals surface area contributed by atoms with Gasteiger partial charge in [-0.15, -0.1) is 0 Å². The van der Waals surface area contributed by atoms with Gasteiger partial charge < -0.3 is 9.88 Å². The minimum absolute atomic E-state index is 0.648. The molecule has 0 saturated heterocycles. The van der Waals surface area contributed by atoms with E-state index < -0.39 is 0 Å². The third-order valence-electron chi connectivity index (χ3n) is 5.04. The molecule has 0 amide bonds. The van der Waals surface area contributed by atoms with Crippen LogP contribution < -0.4 is 5.32 Å². The van der Waals surface area contributed by atoms with Gasteiger partial charge in [-0.3, -0.25) is 0 Å². The van der Waals surface area contributed by atoms with Crippen LogP contribution in [0.2, 0.25) is 0 Å². The first-order chi connectivity index (χ1) is 9.70. The topological polar surface area (TPSA) is 29.9 Å². The Morgan fingerprint density at radius 3 is 2.75 bits per heavy atom. The molecule has 3 rings (SSSR count). The smallest absolute Gasteiger partial charge is 0.123 e. The van der Waals surface area contributed by atoms with Crippen molar-refractivity contribution in [3.05, 3.63) is 30.1 Å². The molecule has 1 aromatic heterocycles. The molecule has 3 unspecified atom stereocenters. The molecule has 3 atom stereocenters. The third kappa shape index (κ3) is 2.35. The average Bonchev–Trinajstić information content (AvgIpc) is 2.98. The number of imidazole rings is 1. The predicted octanol–water partition coefficient (Wildman–Crippen LogP) is 3.58. The highest BCUT2D eigenvalue weighted by Crippen LogP contribution is 2.31. The Morgan fingerprint density at radius 1 is 1.25 bits per heavy atom. The summed E-state index contributed by atoms with van der Waals surface area (Å²) in [6.07, 6.45) is 2.65. The second kappa shape index (κ2) is 5.57. The molecular weight excluding hydrogens is 246 g/mol. The van der Waals surface area contributed by atoms with Gasteiger partial charge in [-0.05, 0) is 43.7 Å². The summed E-state index contributed by atoms with van der Waals surface area (Å²) in [5.41, 5.74) is 2.36. The number of hydrogen-bond acceptors (Lipinski definition) is 2. The Balaban J connectivity index is 1.77. The van der Waals surface area contributed by atoms with Gasteiger partial charge in [-0.25, -0.2) is 4.98 Å². The van der Waals surface area contributed by atoms with Crippen LogP contribution in [-0.2, 0) is 13.1 Å². The van der Waals surface area contributed by atoms with E-state index in [1.807, 2.05) is 0 Å². The molecular formula is C17H25N3. The van der Waals surface area contributed by atoms with Crippen LogP contribution in [0.4, 0.5) is 0 Å². The summed E-state index contributed by atoms with van der Waals surface area (Å²) in [7, 11) is 0. The normalized spacial score (nSPS) is 26.4. The number of fused-ring (bicyclic) bond motifs is 1. The van der Waals surface area contributed by atoms with E-state index in [4.69, 9.17) is 4.98 Å². The monoisotopic (exact) mass is 271 g/mol. The molecule has 2 aromatic rings. The standard InChI is InChI=1S/C17H25N3/c1-4-20-16-8-6-5-7-15(16)19-17(20)11-18-14-10-9-12(2)13(14)3/h5-8,12-14,18H,4,9-11H2,1-3H3. The highest BCUT2D eigenvalue weighted by Gasteiger charge is 2.29. The highest BCUT2D eigenvalue weighted by atomic mass is 15.1. The van der Waals surface area contributed by atoms with Crippen LogP contribution in [0.15, 0.2) is 24.3 Å². The van der Waals surface area contributed by atoms with Gasteiger partial charge in [-0.2, -0.15) is 0 Å². The lowest BCUT2D eigenvalue weighted by atomic mass is 9.98. The number of nitrogens with zero attached hydrogens (tertiary/aromatic N) is 2. The van der Waals surface area contributed by atoms with Crippen molar-refractivity contribution >= 4 is 11.0 Å². The second-order valence-electron chi connectivity index (χ2n) is 6.16. The zero-order valence-corrected chi connectivity index (χ0v) is 12.8. The molecule has 1 aliphatic carbocycles. The van der Waals surface area contributed by atoms with Gasteiger partial charge in [-0.1, -0.05) is 26.0 Å². The predicted molar refractivity (Wildman–Crippen MR) is 83.6 cm³/mol. The maximum Gasteiger partial charge on any atom is 0.123 e. The number of aromatic nitrogens is 2. The zero-order chi connectivity index (χ0) is 14.1. The van der Waals surface area contributed by atoms with E-state index in [1.165, 1.54) is 24.2 Å². The van der Waals surface area contributed by atoms with Crippen molar-refractivity contribution in [2.45, 2.75) is 52.7 Å². The molecule has 20 heavy (non-hydrogen) atoms. The summed E-state index contributed by atoms with van der Waals surface area (Å²) in [5.74, 6) is 2.78. The lowest BCUT2D eigenvalue weighted by Crippen LogP contribution is -2.32. The van der Waals surface area contributed by atoms with E-state index in [0.717, 1.165) is 30.4 Å². The Bertz CT molecular complexity index is 587. The third-order valence-corrected chi connectivity index (χ3v) is 5.04. The molecule has 0 radical (unpaired) electrons. The molecule has 0 bridgehead atoms. The summed E-state index contributed by atoms with van der Waals surface area (Å²) >= 11 is 0. The Labute approximate surface area is 121 Å². The minimum Gasteiger partial charge on any atom is -0.327 e. The summed E-state index contributed by atoms with van der Waals surface area (Å²) in [5, 5.41) is 3.73. The molecule has 3 nitrogen and oxygen atoms in total. The van der Waals surface area contributed by atoms with Crippen molar-refractivity contribution in [2.75, 3.05) is 0 Å². The Morgan fingerprint density at radius 2 is 2.05 bits per heavy atom. The molecule has 0 spiro atoms. The maximum atomic E-state index is 4.79. The Hall–Kier alpha value is -1.35. The van der Waals surface area contributed by atoms with Crippen LogP contribution >= 0.6 is 0 Å². The fourth-order valence-electron chi connectivity index (χ4n) is 3.49. The van der Waals surface area contributed by atoms with Gasteiger partial charge in [0.15, 0.2) is 0 Å². The van der Waals surface area contributed by atoms with Crippen LogP contribution in [0.3, 0.4) is 0 Å². The molecule has 1 heterocycles. The van der Waals surface area contributed by atoms with Gasteiger partial charge in [0.05, 0.1) is 17.6 Å². The van der Waals surface area contributed by atoms with Gasteiger partial charge in [0.1, 0.15) is 5.82 Å². The molecule has 1 N–H and O–H groups in total. The van der Waals surface area contributed by atoms with Crippen LogP contribution in [-0.4, -0.2) is 15.6 Å². The molecule has 1 fully saturated rings. The number of rotatable bonds is 4. The number of aryl methyl sites for hydroxylation is 1. The largest absolute Gasteiger partial charge is 0.327 e. The van der Waals surface area contributed by atoms with E-state index in [9.17, 15) is 0 Å². The summed E-state index contributed by atoms with van der Waals surface area (Å²) in [4.78, 5) is 4.79. The quantitative estimate of drug-likeness (QED) is 0.921. The van der Waals surface area contributed by atoms with E-state index >= 15 is 0 Å². The van der Waals surface area contributed by atoms with E-state index in [1.54, 1.807) is 0 Å². The van der Waals surface area contributed by atoms with Crippen LogP contribution in [0.5, 0.6) is 0 Å². The van der Waals surface area contributed by atoms with Crippen molar-refractivity contribution in [1.29, 1.82) is 0 Å². The fourth-order valence-corrected chi connectivity index (χ4v) is 3.49. The second-order valence-corrected chi connectivity index (χ2v) is 6.16. The van der Waals surface area contributed by atoms with Crippen molar-refractivity contribution in [1.82, 2.24) is 14.9 Å². The van der Waals surface area contributed by atoms with Crippen molar-refractivity contribution in [3.63, 3.8) is 0 Å². The lowest BCUT2D eigenvalue weighted by Gasteiger charge is -2.19. The van der Waals surface area contributed by atoms with E-state index in [2.05, 4.69) is 54.9 Å². The first kappa shape index (κ1) is 13.6. The van der Waals surface area contributed by atoms with Gasteiger partial charge in [0.2, 0.25) is 0 Å². The zero-order valence-electron chi connectivity index (χ0n) is 12.8. The van der Waals surface area contributed by atoms with E-state index in [-0.39, 0.29) is 0 Å². The summed E-state index contributed by atoms with van der Waals surface area (Å²) in [6, 6.07) is 9.07. The number of nitrogens with one attached hydrogen (secondary N) is 1. The van der Waals surface area contributed by atoms with Crippen LogP contribution in [0.1, 0.15) is 39.4 Å². The van der Waals surface area contributed by atoms with Crippen molar-refractivity contribution in [3.8, 4) is 0 Å². The maximum absolute atomic E-state index is 4.79. The van der Waals surface area contributed by atoms with Gasteiger partial charge >= 0.3 is 0 Å². The molecule has 1 saturated carbocycles. The highest BCUT2D eigenvalue weighted by molar-refractivity contribution is 5.75. The van der Waals surface area contributed by atoms with Crippen LogP contribution in [0.25, 0.3) is 11.0 Å². The number of para-hydroxylation sites is 2. The van der Waals surface area contributed by atoms with Gasteiger partial charge in [0, 0.05) is 12.6 Å². The number of benzene rings is 1. The fraction of sp³-hybridized carbons (Fsp3) is 0.588. The van der Waals surface area contributed by atoms with E-state index in [0.29, 0.717) is 6.04 Å². The molecule has 0 aliphatic heterocycles. The average molecular weight is 271 g/mol. The number of hydrogen-bond donors (Lipinski definition) is 1. The first-order valence-corrected chi connectivity index (χ1v) is 7.88.